The molecule has 1 rings (SSSR count). The first kappa shape index (κ1) is 16.7. The standard InChI is InChI=1S/C16H28N2O2/c1-4-7-9-11-14-13-15(16(19)20-6-3)17-18(14)12-10-8-5-2/h13H,4-12H2,1-3H3. The van der Waals surface area contributed by atoms with Crippen molar-refractivity contribution in [2.24, 2.45) is 0 Å². The number of ether oxygens (including phenoxy) is 1. The second-order valence-corrected chi connectivity index (χ2v) is 5.13. The quantitative estimate of drug-likeness (QED) is 0.481. The van der Waals surface area contributed by atoms with Gasteiger partial charge < -0.3 is 4.74 Å². The van der Waals surface area contributed by atoms with Crippen LogP contribution in [0.4, 0.5) is 0 Å². The highest BCUT2D eigenvalue weighted by Gasteiger charge is 2.14. The van der Waals surface area contributed by atoms with Crippen LogP contribution in [0.15, 0.2) is 6.07 Å². The summed E-state index contributed by atoms with van der Waals surface area (Å²) in [6.45, 7) is 7.50. The molecule has 0 N–H and O–H groups in total. The van der Waals surface area contributed by atoms with Crippen molar-refractivity contribution in [1.82, 2.24) is 9.78 Å². The molecule has 0 spiro atoms. The highest BCUT2D eigenvalue weighted by atomic mass is 16.5. The van der Waals surface area contributed by atoms with Crippen molar-refractivity contribution < 1.29 is 9.53 Å². The lowest BCUT2D eigenvalue weighted by atomic mass is 10.1. The van der Waals surface area contributed by atoms with Gasteiger partial charge in [-0.3, -0.25) is 4.68 Å². The van der Waals surface area contributed by atoms with Crippen molar-refractivity contribution in [3.8, 4) is 0 Å². The molecule has 1 aromatic heterocycles. The Morgan fingerprint density at radius 3 is 2.50 bits per heavy atom. The van der Waals surface area contributed by atoms with Gasteiger partial charge in [0.05, 0.1) is 6.61 Å². The Labute approximate surface area is 122 Å². The fraction of sp³-hybridized carbons (Fsp3) is 0.750. The van der Waals surface area contributed by atoms with E-state index in [4.69, 9.17) is 4.74 Å². The van der Waals surface area contributed by atoms with Crippen LogP contribution >= 0.6 is 0 Å². The molecule has 0 saturated heterocycles. The summed E-state index contributed by atoms with van der Waals surface area (Å²) in [6.07, 6.45) is 8.07. The molecule has 0 aliphatic carbocycles. The van der Waals surface area contributed by atoms with Crippen LogP contribution in [-0.2, 0) is 17.7 Å². The van der Waals surface area contributed by atoms with E-state index in [1.807, 2.05) is 17.7 Å². The molecule has 1 heterocycles. The first-order valence-electron chi connectivity index (χ1n) is 7.96. The first-order chi connectivity index (χ1) is 9.72. The lowest BCUT2D eigenvalue weighted by Crippen LogP contribution is -2.08. The summed E-state index contributed by atoms with van der Waals surface area (Å²) in [7, 11) is 0. The van der Waals surface area contributed by atoms with Gasteiger partial charge in [-0.1, -0.05) is 39.5 Å². The van der Waals surface area contributed by atoms with Gasteiger partial charge in [0.1, 0.15) is 0 Å². The second kappa shape index (κ2) is 9.56. The van der Waals surface area contributed by atoms with E-state index in [1.54, 1.807) is 0 Å². The van der Waals surface area contributed by atoms with Gasteiger partial charge in [-0.05, 0) is 32.3 Å². The minimum atomic E-state index is -0.307. The molecule has 0 amide bonds. The molecule has 0 atom stereocenters. The lowest BCUT2D eigenvalue weighted by Gasteiger charge is -2.06. The van der Waals surface area contributed by atoms with E-state index in [2.05, 4.69) is 18.9 Å². The Bertz CT molecular complexity index is 372. The highest BCUT2D eigenvalue weighted by molar-refractivity contribution is 5.87. The van der Waals surface area contributed by atoms with Crippen LogP contribution in [0.5, 0.6) is 0 Å². The third kappa shape index (κ3) is 5.35. The largest absolute Gasteiger partial charge is 0.461 e. The predicted octanol–water partition coefficient (Wildman–Crippen LogP) is 3.98. The van der Waals surface area contributed by atoms with Gasteiger partial charge in [-0.25, -0.2) is 4.79 Å². The third-order valence-electron chi connectivity index (χ3n) is 3.36. The zero-order valence-electron chi connectivity index (χ0n) is 13.2. The molecule has 0 aliphatic rings. The Hall–Kier alpha value is -1.32. The number of hydrogen-bond donors (Lipinski definition) is 0. The van der Waals surface area contributed by atoms with Crippen LogP contribution in [0, 0.1) is 0 Å². The fourth-order valence-corrected chi connectivity index (χ4v) is 2.22. The number of carbonyl (C=O) groups is 1. The summed E-state index contributed by atoms with van der Waals surface area (Å²) in [5.41, 5.74) is 1.62. The highest BCUT2D eigenvalue weighted by Crippen LogP contribution is 2.12. The van der Waals surface area contributed by atoms with Gasteiger partial charge in [-0.2, -0.15) is 5.10 Å². The molecule has 114 valence electrons. The van der Waals surface area contributed by atoms with E-state index in [0.717, 1.165) is 31.5 Å². The summed E-state index contributed by atoms with van der Waals surface area (Å²) >= 11 is 0. The Morgan fingerprint density at radius 2 is 1.85 bits per heavy atom. The van der Waals surface area contributed by atoms with Gasteiger partial charge >= 0.3 is 5.97 Å². The molecule has 4 heteroatoms. The maximum absolute atomic E-state index is 11.8. The number of esters is 1. The topological polar surface area (TPSA) is 44.1 Å². The normalized spacial score (nSPS) is 10.8. The predicted molar refractivity (Wildman–Crippen MR) is 80.9 cm³/mol. The molecule has 0 bridgehead atoms. The molecule has 20 heavy (non-hydrogen) atoms. The number of carbonyl (C=O) groups excluding carboxylic acids is 1. The lowest BCUT2D eigenvalue weighted by molar-refractivity contribution is 0.0518. The third-order valence-corrected chi connectivity index (χ3v) is 3.36. The van der Waals surface area contributed by atoms with Crippen LogP contribution in [0.2, 0.25) is 0 Å². The van der Waals surface area contributed by atoms with E-state index in [0.29, 0.717) is 12.3 Å². The van der Waals surface area contributed by atoms with Crippen LogP contribution in [0.25, 0.3) is 0 Å². The van der Waals surface area contributed by atoms with Gasteiger partial charge in [0.2, 0.25) is 0 Å². The number of aromatic nitrogens is 2. The van der Waals surface area contributed by atoms with E-state index in [1.165, 1.54) is 25.7 Å². The fourth-order valence-electron chi connectivity index (χ4n) is 2.22. The molecular formula is C16H28N2O2. The van der Waals surface area contributed by atoms with Crippen LogP contribution < -0.4 is 0 Å². The van der Waals surface area contributed by atoms with Crippen molar-refractivity contribution in [2.45, 2.75) is 72.3 Å². The Balaban J connectivity index is 2.72. The average Bonchev–Trinajstić information content (AvgIpc) is 2.83. The molecule has 0 unspecified atom stereocenters. The first-order valence-corrected chi connectivity index (χ1v) is 7.96. The summed E-state index contributed by atoms with van der Waals surface area (Å²) in [5.74, 6) is -0.307. The summed E-state index contributed by atoms with van der Waals surface area (Å²) in [5, 5.41) is 4.42. The molecule has 0 aromatic carbocycles. The number of rotatable bonds is 10. The molecule has 4 nitrogen and oxygen atoms in total. The maximum atomic E-state index is 11.8. The van der Waals surface area contributed by atoms with E-state index < -0.39 is 0 Å². The van der Waals surface area contributed by atoms with Crippen LogP contribution in [0.3, 0.4) is 0 Å². The van der Waals surface area contributed by atoms with Gasteiger partial charge in [0.25, 0.3) is 0 Å². The molecule has 0 saturated carbocycles. The monoisotopic (exact) mass is 280 g/mol. The smallest absolute Gasteiger partial charge is 0.358 e. The number of aryl methyl sites for hydroxylation is 2. The number of hydrogen-bond acceptors (Lipinski definition) is 3. The average molecular weight is 280 g/mol. The second-order valence-electron chi connectivity index (χ2n) is 5.13. The SMILES string of the molecule is CCCCCc1cc(C(=O)OCC)nn1CCCCC. The van der Waals surface area contributed by atoms with Crippen molar-refractivity contribution >= 4 is 5.97 Å². The van der Waals surface area contributed by atoms with E-state index in [-0.39, 0.29) is 5.97 Å². The van der Waals surface area contributed by atoms with Crippen molar-refractivity contribution in [3.63, 3.8) is 0 Å². The Morgan fingerprint density at radius 1 is 1.15 bits per heavy atom. The summed E-state index contributed by atoms with van der Waals surface area (Å²) < 4.78 is 7.03. The van der Waals surface area contributed by atoms with E-state index >= 15 is 0 Å². The van der Waals surface area contributed by atoms with Gasteiger partial charge in [0.15, 0.2) is 5.69 Å². The van der Waals surface area contributed by atoms with Crippen molar-refractivity contribution in [3.05, 3.63) is 17.5 Å². The molecular weight excluding hydrogens is 252 g/mol. The maximum Gasteiger partial charge on any atom is 0.358 e. The summed E-state index contributed by atoms with van der Waals surface area (Å²) in [6, 6.07) is 1.90. The zero-order valence-corrected chi connectivity index (χ0v) is 13.2. The van der Waals surface area contributed by atoms with E-state index in [9.17, 15) is 4.79 Å². The Kier molecular flexibility index (Phi) is 8.00. The van der Waals surface area contributed by atoms with Crippen molar-refractivity contribution in [2.75, 3.05) is 6.61 Å². The zero-order chi connectivity index (χ0) is 14.8. The minimum absolute atomic E-state index is 0.307. The van der Waals surface area contributed by atoms with Crippen molar-refractivity contribution in [1.29, 1.82) is 0 Å². The molecule has 0 fully saturated rings. The van der Waals surface area contributed by atoms with Crippen LogP contribution in [-0.4, -0.2) is 22.4 Å². The molecule has 0 aliphatic heterocycles. The summed E-state index contributed by atoms with van der Waals surface area (Å²) in [4.78, 5) is 11.8. The minimum Gasteiger partial charge on any atom is -0.461 e. The number of nitrogens with zero attached hydrogens (tertiary/aromatic N) is 2. The molecule has 0 radical (unpaired) electrons. The van der Waals surface area contributed by atoms with Gasteiger partial charge in [0, 0.05) is 12.2 Å². The molecule has 1 aromatic rings. The van der Waals surface area contributed by atoms with Crippen LogP contribution in [0.1, 0.15) is 75.5 Å². The van der Waals surface area contributed by atoms with Gasteiger partial charge in [-0.15, -0.1) is 0 Å². The number of unbranched alkanes of at least 4 members (excludes halogenated alkanes) is 4.